The van der Waals surface area contributed by atoms with Crippen LogP contribution in [0.2, 0.25) is 0 Å². The van der Waals surface area contributed by atoms with E-state index in [-0.39, 0.29) is 42.7 Å². The third kappa shape index (κ3) is 5.10. The fourth-order valence-corrected chi connectivity index (χ4v) is 4.18. The number of aryl methyl sites for hydroxylation is 2. The Labute approximate surface area is 195 Å². The molecule has 4 rings (SSSR count). The van der Waals surface area contributed by atoms with Crippen molar-refractivity contribution in [3.05, 3.63) is 47.3 Å². The molecule has 31 heavy (non-hydrogen) atoms. The Hall–Kier alpha value is -2.38. The number of halogens is 2. The molecule has 2 saturated heterocycles. The van der Waals surface area contributed by atoms with Gasteiger partial charge < -0.3 is 9.80 Å². The topological polar surface area (TPSA) is 69.6 Å². The van der Waals surface area contributed by atoms with E-state index in [0.717, 1.165) is 36.5 Å². The zero-order valence-electron chi connectivity index (χ0n) is 18.1. The summed E-state index contributed by atoms with van der Waals surface area (Å²) in [5.74, 6) is 1.71. The van der Waals surface area contributed by atoms with Gasteiger partial charge in [-0.2, -0.15) is 0 Å². The molecule has 7 nitrogen and oxygen atoms in total. The van der Waals surface area contributed by atoms with Crippen LogP contribution in [-0.4, -0.2) is 58.9 Å². The molecule has 2 aliphatic rings. The Morgan fingerprint density at radius 3 is 2.29 bits per heavy atom. The van der Waals surface area contributed by atoms with E-state index in [1.165, 1.54) is 0 Å². The average Bonchev–Trinajstić information content (AvgIpc) is 3.06. The standard InChI is InChI=1S/C22H27N5O2.2ClH/c1-15-12-16(2)21(24-13-15)25-8-10-26(11-9-25)22(29)18-5-6-19(23-14-18)27-17(3)4-7-20(27)28;;/h5-6,12-14,17H,4,7-11H2,1-3H3;2*1H. The molecule has 0 aliphatic carbocycles. The lowest BCUT2D eigenvalue weighted by Gasteiger charge is -2.36. The molecular formula is C22H29Cl2N5O2. The van der Waals surface area contributed by atoms with Crippen molar-refractivity contribution in [1.29, 1.82) is 0 Å². The Morgan fingerprint density at radius 2 is 1.74 bits per heavy atom. The number of aromatic nitrogens is 2. The molecule has 0 aromatic carbocycles. The van der Waals surface area contributed by atoms with E-state index in [0.29, 0.717) is 30.9 Å². The molecule has 2 aromatic heterocycles. The Morgan fingerprint density at radius 1 is 1.03 bits per heavy atom. The van der Waals surface area contributed by atoms with Crippen molar-refractivity contribution in [1.82, 2.24) is 14.9 Å². The van der Waals surface area contributed by atoms with Gasteiger partial charge in [0.1, 0.15) is 11.6 Å². The molecular weight excluding hydrogens is 437 g/mol. The molecule has 2 fully saturated rings. The van der Waals surface area contributed by atoms with Crippen molar-refractivity contribution in [3.8, 4) is 0 Å². The van der Waals surface area contributed by atoms with Crippen molar-refractivity contribution in [2.75, 3.05) is 36.0 Å². The monoisotopic (exact) mass is 465 g/mol. The summed E-state index contributed by atoms with van der Waals surface area (Å²) in [6.07, 6.45) is 4.89. The summed E-state index contributed by atoms with van der Waals surface area (Å²) in [6, 6.07) is 5.85. The summed E-state index contributed by atoms with van der Waals surface area (Å²) in [5, 5.41) is 0. The van der Waals surface area contributed by atoms with Gasteiger partial charge in [-0.25, -0.2) is 9.97 Å². The fraction of sp³-hybridized carbons (Fsp3) is 0.455. The van der Waals surface area contributed by atoms with Crippen LogP contribution in [0.4, 0.5) is 11.6 Å². The number of nitrogens with zero attached hydrogens (tertiary/aromatic N) is 5. The summed E-state index contributed by atoms with van der Waals surface area (Å²) in [4.78, 5) is 39.7. The number of carbonyl (C=O) groups is 2. The highest BCUT2D eigenvalue weighted by Gasteiger charge is 2.30. The average molecular weight is 466 g/mol. The van der Waals surface area contributed by atoms with E-state index in [4.69, 9.17) is 0 Å². The molecule has 2 amide bonds. The number of pyridine rings is 2. The highest BCUT2D eigenvalue weighted by Crippen LogP contribution is 2.25. The van der Waals surface area contributed by atoms with Gasteiger partial charge in [0.25, 0.3) is 5.91 Å². The first-order valence-corrected chi connectivity index (χ1v) is 10.2. The van der Waals surface area contributed by atoms with Gasteiger partial charge in [-0.3, -0.25) is 14.5 Å². The minimum atomic E-state index is -0.0157. The van der Waals surface area contributed by atoms with Crippen LogP contribution < -0.4 is 9.80 Å². The van der Waals surface area contributed by atoms with Gasteiger partial charge >= 0.3 is 0 Å². The molecule has 168 valence electrons. The van der Waals surface area contributed by atoms with Crippen LogP contribution in [0.1, 0.15) is 41.3 Å². The molecule has 4 heterocycles. The van der Waals surface area contributed by atoms with Gasteiger partial charge in [0.15, 0.2) is 0 Å². The molecule has 2 aromatic rings. The van der Waals surface area contributed by atoms with Gasteiger partial charge in [-0.05, 0) is 50.5 Å². The molecule has 0 bridgehead atoms. The summed E-state index contributed by atoms with van der Waals surface area (Å²) >= 11 is 0. The van der Waals surface area contributed by atoms with E-state index < -0.39 is 0 Å². The van der Waals surface area contributed by atoms with Gasteiger partial charge in [-0.15, -0.1) is 24.8 Å². The number of amides is 2. The summed E-state index contributed by atoms with van der Waals surface area (Å²) in [7, 11) is 0. The third-order valence-corrected chi connectivity index (χ3v) is 5.78. The maximum absolute atomic E-state index is 12.9. The van der Waals surface area contributed by atoms with Crippen LogP contribution >= 0.6 is 24.8 Å². The lowest BCUT2D eigenvalue weighted by molar-refractivity contribution is -0.117. The van der Waals surface area contributed by atoms with Crippen LogP contribution in [0.25, 0.3) is 0 Å². The van der Waals surface area contributed by atoms with E-state index in [2.05, 4.69) is 27.9 Å². The first-order valence-electron chi connectivity index (χ1n) is 10.2. The highest BCUT2D eigenvalue weighted by atomic mass is 35.5. The number of rotatable bonds is 3. The van der Waals surface area contributed by atoms with E-state index >= 15 is 0 Å². The predicted octanol–water partition coefficient (Wildman–Crippen LogP) is 3.41. The van der Waals surface area contributed by atoms with Crippen LogP contribution in [0, 0.1) is 13.8 Å². The number of hydrogen-bond donors (Lipinski definition) is 0. The minimum Gasteiger partial charge on any atom is -0.353 e. The summed E-state index contributed by atoms with van der Waals surface area (Å²) in [5.41, 5.74) is 2.88. The van der Waals surface area contributed by atoms with E-state index in [1.54, 1.807) is 23.2 Å². The van der Waals surface area contributed by atoms with Gasteiger partial charge in [0.05, 0.1) is 5.56 Å². The third-order valence-electron chi connectivity index (χ3n) is 5.78. The smallest absolute Gasteiger partial charge is 0.255 e. The van der Waals surface area contributed by atoms with Gasteiger partial charge in [0.2, 0.25) is 5.91 Å². The van der Waals surface area contributed by atoms with Crippen molar-refractivity contribution >= 4 is 48.3 Å². The maximum Gasteiger partial charge on any atom is 0.255 e. The van der Waals surface area contributed by atoms with Crippen molar-refractivity contribution in [2.24, 2.45) is 0 Å². The second-order valence-electron chi connectivity index (χ2n) is 7.99. The minimum absolute atomic E-state index is 0. The molecule has 0 spiro atoms. The second kappa shape index (κ2) is 10.3. The predicted molar refractivity (Wildman–Crippen MR) is 127 cm³/mol. The Kier molecular flexibility index (Phi) is 8.26. The van der Waals surface area contributed by atoms with E-state index in [1.807, 2.05) is 24.9 Å². The van der Waals surface area contributed by atoms with Crippen molar-refractivity contribution in [3.63, 3.8) is 0 Å². The summed E-state index contributed by atoms with van der Waals surface area (Å²) < 4.78 is 0. The van der Waals surface area contributed by atoms with Crippen LogP contribution in [0.3, 0.4) is 0 Å². The first kappa shape index (κ1) is 24.9. The molecule has 0 saturated carbocycles. The lowest BCUT2D eigenvalue weighted by Crippen LogP contribution is -2.49. The van der Waals surface area contributed by atoms with E-state index in [9.17, 15) is 9.59 Å². The normalized spacial score (nSPS) is 18.5. The van der Waals surface area contributed by atoms with Crippen molar-refractivity contribution in [2.45, 2.75) is 39.7 Å². The maximum atomic E-state index is 12.9. The number of hydrogen-bond acceptors (Lipinski definition) is 5. The number of anilines is 2. The molecule has 0 N–H and O–H groups in total. The Balaban J connectivity index is 0.00000171. The largest absolute Gasteiger partial charge is 0.353 e. The SMILES string of the molecule is Cc1cnc(N2CCN(C(=O)c3ccc(N4C(=O)CCC4C)nc3)CC2)c(C)c1.Cl.Cl. The quantitative estimate of drug-likeness (QED) is 0.694. The number of piperazine rings is 1. The zero-order chi connectivity index (χ0) is 20.5. The molecule has 1 unspecified atom stereocenters. The number of carbonyl (C=O) groups excluding carboxylic acids is 2. The zero-order valence-corrected chi connectivity index (χ0v) is 19.7. The van der Waals surface area contributed by atoms with Crippen molar-refractivity contribution < 1.29 is 9.59 Å². The molecule has 1 atom stereocenters. The molecule has 0 radical (unpaired) electrons. The molecule has 2 aliphatic heterocycles. The van der Waals surface area contributed by atoms with Gasteiger partial charge in [-0.1, -0.05) is 6.07 Å². The second-order valence-corrected chi connectivity index (χ2v) is 7.99. The summed E-state index contributed by atoms with van der Waals surface area (Å²) in [6.45, 7) is 8.96. The highest BCUT2D eigenvalue weighted by molar-refractivity contribution is 5.97. The lowest BCUT2D eigenvalue weighted by atomic mass is 10.2. The Bertz CT molecular complexity index is 930. The van der Waals surface area contributed by atoms with Crippen LogP contribution in [0.5, 0.6) is 0 Å². The van der Waals surface area contributed by atoms with Crippen LogP contribution in [0.15, 0.2) is 30.6 Å². The fourth-order valence-electron chi connectivity index (χ4n) is 4.18. The first-order chi connectivity index (χ1) is 13.9. The van der Waals surface area contributed by atoms with Crippen LogP contribution in [-0.2, 0) is 4.79 Å². The van der Waals surface area contributed by atoms with Gasteiger partial charge in [0, 0.05) is 51.0 Å². The molecule has 9 heteroatoms.